The molecule has 0 amide bonds. The summed E-state index contributed by atoms with van der Waals surface area (Å²) in [6.45, 7) is 3.71. The molecule has 0 bridgehead atoms. The summed E-state index contributed by atoms with van der Waals surface area (Å²) in [5, 5.41) is -0.467. The predicted molar refractivity (Wildman–Crippen MR) is 143 cm³/mol. The van der Waals surface area contributed by atoms with Crippen LogP contribution in [0.25, 0.3) is 22.5 Å². The first-order chi connectivity index (χ1) is 19.2. The van der Waals surface area contributed by atoms with Crippen LogP contribution in [0.1, 0.15) is 33.7 Å². The van der Waals surface area contributed by atoms with Crippen LogP contribution < -0.4 is 10.5 Å². The van der Waals surface area contributed by atoms with Crippen LogP contribution in [-0.4, -0.2) is 50.4 Å². The smallest absolute Gasteiger partial charge is 0.387 e. The van der Waals surface area contributed by atoms with E-state index in [9.17, 15) is 22.4 Å². The van der Waals surface area contributed by atoms with Crippen molar-refractivity contribution in [2.45, 2.75) is 31.9 Å². The molecule has 40 heavy (non-hydrogen) atoms. The molecular weight excluding hydrogens is 550 g/mol. The van der Waals surface area contributed by atoms with Crippen LogP contribution in [0.5, 0.6) is 5.75 Å². The van der Waals surface area contributed by atoms with Gasteiger partial charge in [0.25, 0.3) is 6.43 Å². The van der Waals surface area contributed by atoms with E-state index in [1.54, 1.807) is 19.9 Å². The lowest BCUT2D eigenvalue weighted by Crippen LogP contribution is -2.06. The third-order valence-corrected chi connectivity index (χ3v) is 6.01. The number of pyridine rings is 3. The van der Waals surface area contributed by atoms with E-state index in [1.165, 1.54) is 37.6 Å². The topological polar surface area (TPSA) is 129 Å². The summed E-state index contributed by atoms with van der Waals surface area (Å²) in [6, 6.07) is 5.68. The van der Waals surface area contributed by atoms with E-state index in [1.807, 2.05) is 0 Å². The average molecular weight is 574 g/mol. The van der Waals surface area contributed by atoms with Gasteiger partial charge in [-0.25, -0.2) is 23.7 Å². The highest BCUT2D eigenvalue weighted by Crippen LogP contribution is 2.37. The van der Waals surface area contributed by atoms with Gasteiger partial charge in [-0.2, -0.15) is 8.78 Å². The van der Waals surface area contributed by atoms with Crippen LogP contribution in [0.15, 0.2) is 59.1 Å². The first kappa shape index (κ1) is 30.2. The molecule has 4 aromatic rings. The molecule has 0 radical (unpaired) electrons. The highest BCUT2D eigenvalue weighted by Gasteiger charge is 2.22. The third-order valence-electron chi connectivity index (χ3n) is 5.13. The first-order valence-electron chi connectivity index (χ1n) is 11.4. The van der Waals surface area contributed by atoms with Gasteiger partial charge in [-0.05, 0) is 63.6 Å². The van der Waals surface area contributed by atoms with Crippen molar-refractivity contribution in [2.75, 3.05) is 7.05 Å². The van der Waals surface area contributed by atoms with E-state index in [4.69, 9.17) is 0 Å². The minimum Gasteiger partial charge on any atom is -0.433 e. The molecule has 4 rings (SSSR count). The monoisotopic (exact) mass is 573 g/mol. The minimum atomic E-state index is -3.10. The van der Waals surface area contributed by atoms with Gasteiger partial charge in [0.05, 0.1) is 23.7 Å². The summed E-state index contributed by atoms with van der Waals surface area (Å²) < 4.78 is 56.5. The van der Waals surface area contributed by atoms with Crippen molar-refractivity contribution in [3.8, 4) is 28.3 Å². The van der Waals surface area contributed by atoms with E-state index in [2.05, 4.69) is 47.1 Å². The molecule has 4 heterocycles. The Bertz CT molecular complexity index is 1510. The summed E-state index contributed by atoms with van der Waals surface area (Å²) in [6.07, 6.45) is 2.17. The van der Waals surface area contributed by atoms with Crippen LogP contribution in [-0.2, 0) is 0 Å². The third kappa shape index (κ3) is 7.21. The fourth-order valence-corrected chi connectivity index (χ4v) is 4.19. The van der Waals surface area contributed by atoms with Gasteiger partial charge < -0.3 is 10.5 Å². The Morgan fingerprint density at radius 1 is 0.925 bits per heavy atom. The summed E-state index contributed by atoms with van der Waals surface area (Å²) >= 11 is 0.665. The Kier molecular flexibility index (Phi) is 10.3. The van der Waals surface area contributed by atoms with Gasteiger partial charge in [-0.15, -0.1) is 0 Å². The fraction of sp³-hybridized carbons (Fsp3) is 0.192. The van der Waals surface area contributed by atoms with E-state index in [-0.39, 0.29) is 44.7 Å². The van der Waals surface area contributed by atoms with E-state index >= 15 is 0 Å². The molecule has 0 unspecified atom stereocenters. The molecule has 9 nitrogen and oxygen atoms in total. The summed E-state index contributed by atoms with van der Waals surface area (Å²) in [5.74, 6) is -0.150. The Hall–Kier alpha value is -4.30. The predicted octanol–water partition coefficient (Wildman–Crippen LogP) is 5.99. The van der Waals surface area contributed by atoms with E-state index < -0.39 is 18.2 Å². The molecule has 4 aromatic heterocycles. The lowest BCUT2D eigenvalue weighted by atomic mass is 10.0. The number of aliphatic imine (C=N–C) groups is 1. The molecule has 0 saturated heterocycles. The van der Waals surface area contributed by atoms with Crippen molar-refractivity contribution >= 4 is 29.4 Å². The zero-order valence-electron chi connectivity index (χ0n) is 21.5. The first-order valence-corrected chi connectivity index (χ1v) is 12.2. The number of aromatic nitrogens is 5. The number of carbonyl (C=O) groups is 1. The number of alkyl halides is 4. The number of carbonyl (C=O) groups excluding carboxylic acids is 1. The number of halogens is 4. The van der Waals surface area contributed by atoms with Crippen molar-refractivity contribution in [1.29, 1.82) is 0 Å². The number of nitrogens with two attached hydrogens (primary N) is 1. The number of ether oxygens (including phenoxy) is 1. The molecule has 0 atom stereocenters. The van der Waals surface area contributed by atoms with E-state index in [0.717, 1.165) is 12.4 Å². The molecule has 0 aromatic carbocycles. The lowest BCUT2D eigenvalue weighted by Gasteiger charge is -2.14. The standard InChI is InChI=1S/C25H18F4N6O2S.CH5N/c1-12-6-15(16-7-13(2)32-11-20(16)37-25(28)29)17(9-31-12)24(36)38-23-22(30-3)34-10-19(35-23)18-5-4-14(8-33-18)21(26)27;1-2/h4-11,21,25H,3H2,1-2H3;2H2,1H3. The second kappa shape index (κ2) is 13.7. The quantitative estimate of drug-likeness (QED) is 0.153. The van der Waals surface area contributed by atoms with Crippen molar-refractivity contribution in [3.05, 3.63) is 71.6 Å². The number of nitrogens with zero attached hydrogens (tertiary/aromatic N) is 6. The summed E-state index contributed by atoms with van der Waals surface area (Å²) in [4.78, 5) is 38.0. The van der Waals surface area contributed by atoms with Crippen LogP contribution in [0.4, 0.5) is 23.4 Å². The van der Waals surface area contributed by atoms with Crippen molar-refractivity contribution < 1.29 is 27.1 Å². The minimum absolute atomic E-state index is 0.0550. The number of hydrogen-bond acceptors (Lipinski definition) is 10. The maximum Gasteiger partial charge on any atom is 0.387 e. The van der Waals surface area contributed by atoms with Crippen LogP contribution in [0, 0.1) is 13.8 Å². The van der Waals surface area contributed by atoms with Crippen LogP contribution in [0.2, 0.25) is 0 Å². The van der Waals surface area contributed by atoms with Gasteiger partial charge in [0.2, 0.25) is 5.12 Å². The van der Waals surface area contributed by atoms with Gasteiger partial charge >= 0.3 is 6.61 Å². The molecule has 0 fully saturated rings. The number of rotatable bonds is 8. The van der Waals surface area contributed by atoms with Crippen LogP contribution >= 0.6 is 11.8 Å². The maximum absolute atomic E-state index is 13.5. The van der Waals surface area contributed by atoms with Gasteiger partial charge in [-0.1, -0.05) is 0 Å². The van der Waals surface area contributed by atoms with Crippen molar-refractivity contribution in [1.82, 2.24) is 24.9 Å². The number of aryl methyl sites for hydroxylation is 2. The molecule has 2 N–H and O–H groups in total. The van der Waals surface area contributed by atoms with Gasteiger partial charge in [0, 0.05) is 40.5 Å². The molecule has 208 valence electrons. The lowest BCUT2D eigenvalue weighted by molar-refractivity contribution is -0.0496. The molecular formula is C26H23F4N7O2S. The molecule has 0 aliphatic rings. The molecule has 14 heteroatoms. The number of hydrogen-bond donors (Lipinski definition) is 1. The molecule has 0 spiro atoms. The Morgan fingerprint density at radius 2 is 1.60 bits per heavy atom. The normalized spacial score (nSPS) is 10.8. The second-order valence-corrected chi connectivity index (χ2v) is 8.74. The van der Waals surface area contributed by atoms with Gasteiger partial charge in [0.1, 0.15) is 10.7 Å². The second-order valence-electron chi connectivity index (χ2n) is 7.78. The Labute approximate surface area is 231 Å². The fourth-order valence-electron chi connectivity index (χ4n) is 3.39. The molecule has 0 saturated carbocycles. The highest BCUT2D eigenvalue weighted by molar-refractivity contribution is 8.14. The van der Waals surface area contributed by atoms with Gasteiger partial charge in [0.15, 0.2) is 11.6 Å². The van der Waals surface area contributed by atoms with Crippen molar-refractivity contribution in [3.63, 3.8) is 0 Å². The summed E-state index contributed by atoms with van der Waals surface area (Å²) in [5.41, 5.74) is 6.40. The molecule has 0 aliphatic heterocycles. The highest BCUT2D eigenvalue weighted by atomic mass is 32.2. The number of thioether (sulfide) groups is 1. The maximum atomic E-state index is 13.5. The Balaban J connectivity index is 0.00000216. The zero-order valence-corrected chi connectivity index (χ0v) is 22.3. The SMILES string of the molecule is C=Nc1ncc(-c2ccc(C(F)F)cn2)nc1SC(=O)c1cnc(C)cc1-c1cc(C)ncc1OC(F)F.CN. The zero-order chi connectivity index (χ0) is 29.4. The molecule has 0 aliphatic carbocycles. The van der Waals surface area contributed by atoms with E-state index in [0.29, 0.717) is 28.7 Å². The van der Waals surface area contributed by atoms with Gasteiger partial charge in [-0.3, -0.25) is 19.7 Å². The average Bonchev–Trinajstić information content (AvgIpc) is 2.94. The Morgan fingerprint density at radius 3 is 2.20 bits per heavy atom. The summed E-state index contributed by atoms with van der Waals surface area (Å²) in [7, 11) is 1.50. The largest absolute Gasteiger partial charge is 0.433 e. The van der Waals surface area contributed by atoms with Crippen molar-refractivity contribution in [2.24, 2.45) is 10.7 Å². The van der Waals surface area contributed by atoms with Crippen LogP contribution in [0.3, 0.4) is 0 Å².